The number of urea groups is 1. The van der Waals surface area contributed by atoms with Crippen LogP contribution in [-0.2, 0) is 5.41 Å². The summed E-state index contributed by atoms with van der Waals surface area (Å²) in [7, 11) is 2.31. The third kappa shape index (κ3) is 5.90. The number of carbonyl (C=O) groups excluding carboxylic acids is 1. The molecule has 198 valence electrons. The average Bonchev–Trinajstić information content (AvgIpc) is 3.62. The molecule has 2 aromatic carbocycles. The molecule has 0 aromatic heterocycles. The second-order valence-corrected chi connectivity index (χ2v) is 11.7. The van der Waals surface area contributed by atoms with Gasteiger partial charge in [-0.1, -0.05) is 23.7 Å². The predicted octanol–water partition coefficient (Wildman–Crippen LogP) is 3.33. The molecule has 2 aliphatic carbocycles. The number of nitrogens with one attached hydrogen (secondary N) is 1. The van der Waals surface area contributed by atoms with E-state index in [1.165, 1.54) is 37.0 Å². The maximum atomic E-state index is 13.7. The third-order valence-corrected chi connectivity index (χ3v) is 9.22. The topological polar surface area (TPSA) is 56.1 Å². The highest BCUT2D eigenvalue weighted by atomic mass is 35.5. The maximum Gasteiger partial charge on any atom is 0.322 e. The van der Waals surface area contributed by atoms with Crippen LogP contribution >= 0.6 is 11.6 Å². The van der Waals surface area contributed by atoms with Gasteiger partial charge in [0.05, 0.1) is 49.9 Å². The minimum absolute atomic E-state index is 0. The van der Waals surface area contributed by atoms with Crippen molar-refractivity contribution in [3.05, 3.63) is 64.4 Å². The summed E-state index contributed by atoms with van der Waals surface area (Å²) >= 11 is 5.96. The Kier molecular flexibility index (Phi) is 8.38. The molecule has 3 atom stereocenters. The number of quaternary nitrogens is 1. The van der Waals surface area contributed by atoms with Crippen LogP contribution in [0.5, 0.6) is 0 Å². The van der Waals surface area contributed by atoms with Crippen molar-refractivity contribution in [2.45, 2.75) is 56.4 Å². The van der Waals surface area contributed by atoms with Gasteiger partial charge in [-0.05, 0) is 92.2 Å². The zero-order valence-electron chi connectivity index (χ0n) is 21.4. The van der Waals surface area contributed by atoms with E-state index in [1.807, 2.05) is 23.1 Å². The van der Waals surface area contributed by atoms with E-state index in [-0.39, 0.29) is 34.9 Å². The van der Waals surface area contributed by atoms with Gasteiger partial charge < -0.3 is 27.1 Å². The van der Waals surface area contributed by atoms with Gasteiger partial charge in [0.15, 0.2) is 0 Å². The monoisotopic (exact) mass is 544 g/mol. The number of nitrogens with zero attached hydrogens (tertiary/aromatic N) is 3. The molecular formula is C29H35Cl2FN4O. The van der Waals surface area contributed by atoms with Crippen LogP contribution in [0.25, 0.3) is 0 Å². The summed E-state index contributed by atoms with van der Waals surface area (Å²) in [5.74, 6) is 0.0346. The molecule has 1 N–H and O–H groups in total. The number of halogens is 3. The van der Waals surface area contributed by atoms with Crippen LogP contribution in [0.15, 0.2) is 42.5 Å². The summed E-state index contributed by atoms with van der Waals surface area (Å²) in [4.78, 5) is 15.6. The molecule has 2 saturated carbocycles. The first kappa shape index (κ1) is 27.7. The van der Waals surface area contributed by atoms with Crippen LogP contribution in [0.4, 0.5) is 14.9 Å². The molecule has 0 bridgehead atoms. The molecule has 2 amide bonds. The molecule has 1 heterocycles. The number of amides is 2. The van der Waals surface area contributed by atoms with Crippen molar-refractivity contribution < 1.29 is 26.1 Å². The highest BCUT2D eigenvalue weighted by Gasteiger charge is 2.58. The standard InChI is InChI=1S/C29H34ClFN4O.ClH/c1-35(13-3-2-4-14-35)15-12-34(28(36)33-24-8-9-27(31)26(30)18-24)25-10-11-29(19-23(29)17-25)22-7-5-6-21(16-22)20-32;/h5-9,16,18,23,25H,2-4,10-15,17,19H2,1H3;1H/t23?,25?,29-;/m1./s1. The smallest absolute Gasteiger partial charge is 0.322 e. The molecule has 1 aliphatic heterocycles. The minimum atomic E-state index is -0.494. The Morgan fingerprint density at radius 1 is 1.24 bits per heavy atom. The molecule has 3 fully saturated rings. The zero-order chi connectivity index (χ0) is 25.3. The summed E-state index contributed by atoms with van der Waals surface area (Å²) in [6.45, 7) is 3.96. The number of hydrogen-bond acceptors (Lipinski definition) is 2. The van der Waals surface area contributed by atoms with Gasteiger partial charge >= 0.3 is 6.03 Å². The largest absolute Gasteiger partial charge is 1.00 e. The van der Waals surface area contributed by atoms with Crippen LogP contribution in [-0.4, -0.2) is 54.7 Å². The van der Waals surface area contributed by atoms with Gasteiger partial charge in [0, 0.05) is 11.7 Å². The van der Waals surface area contributed by atoms with Crippen LogP contribution in [0.2, 0.25) is 5.02 Å². The number of rotatable bonds is 6. The highest BCUT2D eigenvalue weighted by molar-refractivity contribution is 6.31. The fraction of sp³-hybridized carbons (Fsp3) is 0.517. The second kappa shape index (κ2) is 11.2. The molecule has 5 nitrogen and oxygen atoms in total. The summed E-state index contributed by atoms with van der Waals surface area (Å²) in [5.41, 5.74) is 2.65. The molecule has 8 heteroatoms. The van der Waals surface area contributed by atoms with E-state index in [1.54, 1.807) is 6.07 Å². The van der Waals surface area contributed by atoms with Gasteiger partial charge in [-0.2, -0.15) is 5.26 Å². The minimum Gasteiger partial charge on any atom is -1.00 e. The first-order valence-corrected chi connectivity index (χ1v) is 13.6. The normalized spacial score (nSPS) is 25.7. The quantitative estimate of drug-likeness (QED) is 0.567. The van der Waals surface area contributed by atoms with E-state index in [2.05, 4.69) is 24.5 Å². The lowest BCUT2D eigenvalue weighted by atomic mass is 9.80. The molecule has 2 aromatic rings. The van der Waals surface area contributed by atoms with Crippen molar-refractivity contribution in [2.75, 3.05) is 38.5 Å². The Morgan fingerprint density at radius 2 is 2.03 bits per heavy atom. The van der Waals surface area contributed by atoms with E-state index < -0.39 is 5.82 Å². The average molecular weight is 546 g/mol. The van der Waals surface area contributed by atoms with E-state index in [4.69, 9.17) is 11.6 Å². The number of likely N-dealkylation sites (tertiary alicyclic amines) is 1. The van der Waals surface area contributed by atoms with E-state index >= 15 is 0 Å². The molecule has 2 unspecified atom stereocenters. The summed E-state index contributed by atoms with van der Waals surface area (Å²) in [6, 6.07) is 14.7. The Labute approximate surface area is 230 Å². The maximum absolute atomic E-state index is 13.7. The fourth-order valence-electron chi connectivity index (χ4n) is 6.61. The molecule has 0 radical (unpaired) electrons. The predicted molar refractivity (Wildman–Crippen MR) is 140 cm³/mol. The SMILES string of the molecule is C[N+]1(CCN(C(=O)Nc2ccc(F)c(Cl)c2)C2CC[C@]3(c4cccc(C#N)c4)CC3C2)CCCCC1.[Cl-]. The number of nitriles is 1. The van der Waals surface area contributed by atoms with Crippen LogP contribution in [0.1, 0.15) is 56.1 Å². The van der Waals surface area contributed by atoms with E-state index in [0.717, 1.165) is 49.8 Å². The fourth-order valence-corrected chi connectivity index (χ4v) is 6.79. The summed E-state index contributed by atoms with van der Waals surface area (Å²) < 4.78 is 14.7. The van der Waals surface area contributed by atoms with E-state index in [9.17, 15) is 14.4 Å². The number of benzene rings is 2. The molecular weight excluding hydrogens is 510 g/mol. The number of fused-ring (bicyclic) bond motifs is 1. The van der Waals surface area contributed by atoms with Crippen molar-refractivity contribution in [1.82, 2.24) is 4.90 Å². The van der Waals surface area contributed by atoms with Crippen molar-refractivity contribution in [2.24, 2.45) is 5.92 Å². The lowest BCUT2D eigenvalue weighted by Crippen LogP contribution is -3.00. The summed E-state index contributed by atoms with van der Waals surface area (Å²) in [5, 5.41) is 12.3. The van der Waals surface area contributed by atoms with Gasteiger partial charge in [0.2, 0.25) is 0 Å². The molecule has 37 heavy (non-hydrogen) atoms. The Bertz CT molecular complexity index is 1180. The third-order valence-electron chi connectivity index (χ3n) is 8.93. The van der Waals surface area contributed by atoms with Gasteiger partial charge in [-0.3, -0.25) is 0 Å². The number of likely N-dealkylation sites (N-methyl/N-ethyl adjacent to an activating group) is 1. The van der Waals surface area contributed by atoms with Crippen LogP contribution < -0.4 is 17.7 Å². The first-order valence-electron chi connectivity index (χ1n) is 13.2. The zero-order valence-corrected chi connectivity index (χ0v) is 22.9. The van der Waals surface area contributed by atoms with Crippen molar-refractivity contribution >= 4 is 23.3 Å². The first-order chi connectivity index (χ1) is 17.3. The summed E-state index contributed by atoms with van der Waals surface area (Å²) in [6.07, 6.45) is 7.83. The van der Waals surface area contributed by atoms with Crippen molar-refractivity contribution in [1.29, 1.82) is 5.26 Å². The Morgan fingerprint density at radius 3 is 2.73 bits per heavy atom. The van der Waals surface area contributed by atoms with Gasteiger partial charge in [0.25, 0.3) is 0 Å². The Balaban J connectivity index is 0.00000320. The van der Waals surface area contributed by atoms with E-state index in [0.29, 0.717) is 23.7 Å². The molecule has 1 saturated heterocycles. The Hall–Kier alpha value is -2.33. The van der Waals surface area contributed by atoms with Gasteiger partial charge in [-0.25, -0.2) is 9.18 Å². The van der Waals surface area contributed by atoms with Crippen LogP contribution in [0, 0.1) is 23.1 Å². The van der Waals surface area contributed by atoms with Crippen LogP contribution in [0.3, 0.4) is 0 Å². The lowest BCUT2D eigenvalue weighted by molar-refractivity contribution is -0.913. The molecule has 3 aliphatic rings. The second-order valence-electron chi connectivity index (χ2n) is 11.3. The number of carbonyl (C=O) groups is 1. The number of hydrogen-bond donors (Lipinski definition) is 1. The molecule has 0 spiro atoms. The number of anilines is 1. The van der Waals surface area contributed by atoms with Gasteiger partial charge in [0.1, 0.15) is 5.82 Å². The molecule has 5 rings (SSSR count). The lowest BCUT2D eigenvalue weighted by Gasteiger charge is -2.42. The van der Waals surface area contributed by atoms with Gasteiger partial charge in [-0.15, -0.1) is 0 Å². The van der Waals surface area contributed by atoms with Crippen molar-refractivity contribution in [3.63, 3.8) is 0 Å². The number of piperidine rings is 1. The van der Waals surface area contributed by atoms with Crippen molar-refractivity contribution in [3.8, 4) is 6.07 Å². The highest BCUT2D eigenvalue weighted by Crippen LogP contribution is 2.62.